The van der Waals surface area contributed by atoms with Crippen molar-refractivity contribution < 1.29 is 14.3 Å². The zero-order valence-corrected chi connectivity index (χ0v) is 10.8. The van der Waals surface area contributed by atoms with Crippen LogP contribution in [0.1, 0.15) is 0 Å². The van der Waals surface area contributed by atoms with Crippen LogP contribution >= 0.6 is 0 Å². The summed E-state index contributed by atoms with van der Waals surface area (Å²) < 4.78 is 6.24. The van der Waals surface area contributed by atoms with Crippen molar-refractivity contribution in [2.45, 2.75) is 0 Å². The molecule has 0 unspecified atom stereocenters. The van der Waals surface area contributed by atoms with Crippen LogP contribution in [0, 0.1) is 0 Å². The van der Waals surface area contributed by atoms with E-state index < -0.39 is 0 Å². The molecule has 0 radical (unpaired) electrons. The van der Waals surface area contributed by atoms with E-state index in [9.17, 15) is 5.11 Å². The number of benzene rings is 1. The maximum absolute atomic E-state index is 9.65. The topological polar surface area (TPSA) is 32.7 Å². The summed E-state index contributed by atoms with van der Waals surface area (Å²) in [4.78, 5) is 2.30. The molecule has 0 saturated carbocycles. The Morgan fingerprint density at radius 2 is 1.82 bits per heavy atom. The molecular formula is C13H21N2O2+. The number of piperazine rings is 1. The van der Waals surface area contributed by atoms with Gasteiger partial charge >= 0.3 is 0 Å². The minimum Gasteiger partial charge on any atom is -0.508 e. The van der Waals surface area contributed by atoms with E-state index in [0.717, 1.165) is 36.3 Å². The highest BCUT2D eigenvalue weighted by atomic mass is 16.5. The van der Waals surface area contributed by atoms with Crippen molar-refractivity contribution in [2.75, 3.05) is 52.3 Å². The molecule has 1 N–H and O–H groups in total. The molecule has 0 aliphatic carbocycles. The van der Waals surface area contributed by atoms with Crippen molar-refractivity contribution in [3.05, 3.63) is 18.2 Å². The van der Waals surface area contributed by atoms with E-state index in [-0.39, 0.29) is 5.75 Å². The van der Waals surface area contributed by atoms with Gasteiger partial charge in [0.05, 0.1) is 47.4 Å². The van der Waals surface area contributed by atoms with Gasteiger partial charge in [0.2, 0.25) is 0 Å². The first kappa shape index (κ1) is 12.0. The van der Waals surface area contributed by atoms with Gasteiger partial charge in [-0.1, -0.05) is 0 Å². The fraction of sp³-hybridized carbons (Fsp3) is 0.538. The number of methoxy groups -OCH3 is 1. The zero-order chi connectivity index (χ0) is 12.5. The van der Waals surface area contributed by atoms with Gasteiger partial charge in [-0.05, 0) is 0 Å². The van der Waals surface area contributed by atoms with Crippen LogP contribution in [0.4, 0.5) is 5.69 Å². The molecule has 1 fully saturated rings. The molecule has 0 spiro atoms. The van der Waals surface area contributed by atoms with Crippen molar-refractivity contribution in [3.63, 3.8) is 0 Å². The van der Waals surface area contributed by atoms with E-state index >= 15 is 0 Å². The highest BCUT2D eigenvalue weighted by Crippen LogP contribution is 2.28. The lowest BCUT2D eigenvalue weighted by molar-refractivity contribution is -0.890. The lowest BCUT2D eigenvalue weighted by Gasteiger charge is -2.40. The summed E-state index contributed by atoms with van der Waals surface area (Å²) in [5.74, 6) is 0.970. The molecule has 1 aromatic carbocycles. The van der Waals surface area contributed by atoms with Crippen molar-refractivity contribution in [1.29, 1.82) is 0 Å². The fourth-order valence-corrected chi connectivity index (χ4v) is 2.13. The third-order valence-corrected chi connectivity index (χ3v) is 3.43. The van der Waals surface area contributed by atoms with Crippen molar-refractivity contribution in [2.24, 2.45) is 0 Å². The minimum absolute atomic E-state index is 0.263. The van der Waals surface area contributed by atoms with Gasteiger partial charge in [-0.3, -0.25) is 0 Å². The Morgan fingerprint density at radius 3 is 2.41 bits per heavy atom. The molecule has 0 atom stereocenters. The van der Waals surface area contributed by atoms with Crippen molar-refractivity contribution in [1.82, 2.24) is 0 Å². The standard InChI is InChI=1S/C13H20N2O2/c1-15(2)6-4-14(5-7-15)11-8-12(16)10-13(9-11)17-3/h8-10H,4-7H2,1-3H3/p+1. The quantitative estimate of drug-likeness (QED) is 0.787. The van der Waals surface area contributed by atoms with Crippen LogP contribution < -0.4 is 9.64 Å². The molecule has 1 aromatic rings. The second kappa shape index (κ2) is 4.45. The number of aromatic hydroxyl groups is 1. The molecular weight excluding hydrogens is 216 g/mol. The SMILES string of the molecule is COc1cc(O)cc(N2CC[N+](C)(C)CC2)c1. The summed E-state index contributed by atoms with van der Waals surface area (Å²) in [6, 6.07) is 5.41. The zero-order valence-electron chi connectivity index (χ0n) is 10.8. The van der Waals surface area contributed by atoms with Gasteiger partial charge < -0.3 is 19.2 Å². The first-order valence-electron chi connectivity index (χ1n) is 5.95. The summed E-state index contributed by atoms with van der Waals surface area (Å²) in [6.07, 6.45) is 0. The van der Waals surface area contributed by atoms with Gasteiger partial charge in [-0.25, -0.2) is 0 Å². The Bertz CT molecular complexity index is 394. The smallest absolute Gasteiger partial charge is 0.124 e. The van der Waals surface area contributed by atoms with Crippen LogP contribution in [0.5, 0.6) is 11.5 Å². The Morgan fingerprint density at radius 1 is 1.18 bits per heavy atom. The number of quaternary nitrogens is 1. The molecule has 1 aliphatic heterocycles. The van der Waals surface area contributed by atoms with Crippen molar-refractivity contribution >= 4 is 5.69 Å². The fourth-order valence-electron chi connectivity index (χ4n) is 2.13. The molecule has 0 amide bonds. The van der Waals surface area contributed by atoms with E-state index in [1.807, 2.05) is 6.07 Å². The van der Waals surface area contributed by atoms with E-state index in [4.69, 9.17) is 4.74 Å². The summed E-state index contributed by atoms with van der Waals surface area (Å²) in [5, 5.41) is 9.65. The number of likely N-dealkylation sites (N-methyl/N-ethyl adjacent to an activating group) is 1. The van der Waals surface area contributed by atoms with Gasteiger partial charge in [-0.2, -0.15) is 0 Å². The third kappa shape index (κ3) is 2.82. The van der Waals surface area contributed by atoms with Gasteiger partial charge in [0, 0.05) is 23.9 Å². The molecule has 4 heteroatoms. The normalized spacial score (nSPS) is 19.1. The van der Waals surface area contributed by atoms with Gasteiger partial charge in [-0.15, -0.1) is 0 Å². The second-order valence-electron chi connectivity index (χ2n) is 5.26. The first-order chi connectivity index (χ1) is 8.00. The average molecular weight is 237 g/mol. The maximum Gasteiger partial charge on any atom is 0.124 e. The molecule has 17 heavy (non-hydrogen) atoms. The van der Waals surface area contributed by atoms with Crippen LogP contribution in [0.2, 0.25) is 0 Å². The molecule has 0 aromatic heterocycles. The van der Waals surface area contributed by atoms with E-state index in [0.29, 0.717) is 5.75 Å². The largest absolute Gasteiger partial charge is 0.508 e. The summed E-state index contributed by atoms with van der Waals surface area (Å²) in [6.45, 7) is 4.27. The molecule has 1 heterocycles. The molecule has 94 valence electrons. The van der Waals surface area contributed by atoms with E-state index in [1.54, 1.807) is 19.2 Å². The maximum atomic E-state index is 9.65. The molecule has 1 aliphatic rings. The lowest BCUT2D eigenvalue weighted by atomic mass is 10.2. The lowest BCUT2D eigenvalue weighted by Crippen LogP contribution is -2.54. The molecule has 0 bridgehead atoms. The van der Waals surface area contributed by atoms with Crippen molar-refractivity contribution in [3.8, 4) is 11.5 Å². The van der Waals surface area contributed by atoms with Crippen LogP contribution in [-0.2, 0) is 0 Å². The highest BCUT2D eigenvalue weighted by molar-refractivity contribution is 5.55. The number of anilines is 1. The number of phenolic OH excluding ortho intramolecular Hbond substituents is 1. The Balaban J connectivity index is 2.15. The molecule has 2 rings (SSSR count). The van der Waals surface area contributed by atoms with Gasteiger partial charge in [0.15, 0.2) is 0 Å². The predicted molar refractivity (Wildman–Crippen MR) is 68.7 cm³/mol. The van der Waals surface area contributed by atoms with Crippen LogP contribution in [-0.4, -0.2) is 57.0 Å². The number of nitrogens with zero attached hydrogens (tertiary/aromatic N) is 2. The summed E-state index contributed by atoms with van der Waals surface area (Å²) in [7, 11) is 6.12. The van der Waals surface area contributed by atoms with E-state index in [1.165, 1.54) is 0 Å². The van der Waals surface area contributed by atoms with Gasteiger partial charge in [0.1, 0.15) is 11.5 Å². The number of hydrogen-bond donors (Lipinski definition) is 1. The summed E-state index contributed by atoms with van der Waals surface area (Å²) in [5.41, 5.74) is 1.04. The monoisotopic (exact) mass is 237 g/mol. The Labute approximate surface area is 103 Å². The molecule has 1 saturated heterocycles. The van der Waals surface area contributed by atoms with Crippen LogP contribution in [0.3, 0.4) is 0 Å². The third-order valence-electron chi connectivity index (χ3n) is 3.43. The highest BCUT2D eigenvalue weighted by Gasteiger charge is 2.24. The number of hydrogen-bond acceptors (Lipinski definition) is 3. The first-order valence-corrected chi connectivity index (χ1v) is 5.95. The second-order valence-corrected chi connectivity index (χ2v) is 5.26. The summed E-state index contributed by atoms with van der Waals surface area (Å²) >= 11 is 0. The average Bonchev–Trinajstić information content (AvgIpc) is 2.28. The predicted octanol–water partition coefficient (Wildman–Crippen LogP) is 1.30. The number of rotatable bonds is 2. The Kier molecular flexibility index (Phi) is 3.15. The number of phenols is 1. The molecule has 4 nitrogen and oxygen atoms in total. The Hall–Kier alpha value is -1.42. The van der Waals surface area contributed by atoms with Crippen LogP contribution in [0.25, 0.3) is 0 Å². The van der Waals surface area contributed by atoms with Crippen LogP contribution in [0.15, 0.2) is 18.2 Å². The number of ether oxygens (including phenoxy) is 1. The van der Waals surface area contributed by atoms with E-state index in [2.05, 4.69) is 19.0 Å². The van der Waals surface area contributed by atoms with Gasteiger partial charge in [0.25, 0.3) is 0 Å². The minimum atomic E-state index is 0.263.